The molecule has 3 aromatic rings. The SMILES string of the molecule is COCCn1cc2c(n1)C(NC(=O)Cn1ccc3ccccc31)CCC2. The Labute approximate surface area is 152 Å². The fourth-order valence-corrected chi connectivity index (χ4v) is 3.71. The molecule has 0 saturated heterocycles. The molecular formula is C20H24N4O2. The molecule has 1 amide bonds. The number of hydrogen-bond acceptors (Lipinski definition) is 3. The van der Waals surface area contributed by atoms with Crippen LogP contribution in [-0.2, 0) is 29.0 Å². The predicted octanol–water partition coefficient (Wildman–Crippen LogP) is 2.68. The van der Waals surface area contributed by atoms with E-state index < -0.39 is 0 Å². The first-order valence-electron chi connectivity index (χ1n) is 9.13. The van der Waals surface area contributed by atoms with E-state index in [4.69, 9.17) is 4.74 Å². The molecule has 1 N–H and O–H groups in total. The van der Waals surface area contributed by atoms with Crippen LogP contribution in [0.4, 0.5) is 0 Å². The first kappa shape index (κ1) is 16.8. The van der Waals surface area contributed by atoms with Crippen molar-refractivity contribution < 1.29 is 9.53 Å². The highest BCUT2D eigenvalue weighted by molar-refractivity contribution is 5.83. The minimum Gasteiger partial charge on any atom is -0.383 e. The number of rotatable bonds is 6. The third-order valence-corrected chi connectivity index (χ3v) is 4.99. The van der Waals surface area contributed by atoms with Crippen molar-refractivity contribution in [3.63, 3.8) is 0 Å². The summed E-state index contributed by atoms with van der Waals surface area (Å²) >= 11 is 0. The number of nitrogens with zero attached hydrogens (tertiary/aromatic N) is 3. The number of aryl methyl sites for hydroxylation is 1. The van der Waals surface area contributed by atoms with Crippen LogP contribution in [0.25, 0.3) is 10.9 Å². The molecule has 136 valence electrons. The Morgan fingerprint density at radius 2 is 2.23 bits per heavy atom. The number of fused-ring (bicyclic) bond motifs is 2. The van der Waals surface area contributed by atoms with Gasteiger partial charge in [0.05, 0.1) is 24.9 Å². The van der Waals surface area contributed by atoms with Gasteiger partial charge in [0.2, 0.25) is 5.91 Å². The van der Waals surface area contributed by atoms with Crippen molar-refractivity contribution >= 4 is 16.8 Å². The molecule has 0 fully saturated rings. The van der Waals surface area contributed by atoms with E-state index in [0.717, 1.165) is 42.4 Å². The van der Waals surface area contributed by atoms with E-state index in [1.54, 1.807) is 7.11 Å². The van der Waals surface area contributed by atoms with Gasteiger partial charge in [0.1, 0.15) is 6.54 Å². The van der Waals surface area contributed by atoms with Crippen molar-refractivity contribution in [2.45, 2.75) is 38.4 Å². The quantitative estimate of drug-likeness (QED) is 0.742. The van der Waals surface area contributed by atoms with Crippen LogP contribution in [0.5, 0.6) is 0 Å². The van der Waals surface area contributed by atoms with E-state index in [-0.39, 0.29) is 11.9 Å². The monoisotopic (exact) mass is 352 g/mol. The first-order chi connectivity index (χ1) is 12.7. The summed E-state index contributed by atoms with van der Waals surface area (Å²) in [6.07, 6.45) is 7.09. The molecule has 2 aromatic heterocycles. The third kappa shape index (κ3) is 3.37. The number of para-hydroxylation sites is 1. The Hall–Kier alpha value is -2.60. The van der Waals surface area contributed by atoms with E-state index >= 15 is 0 Å². The van der Waals surface area contributed by atoms with Gasteiger partial charge in [0.15, 0.2) is 0 Å². The highest BCUT2D eigenvalue weighted by Gasteiger charge is 2.25. The molecule has 26 heavy (non-hydrogen) atoms. The van der Waals surface area contributed by atoms with Gasteiger partial charge in [0.25, 0.3) is 0 Å². The summed E-state index contributed by atoms with van der Waals surface area (Å²) in [6, 6.07) is 10.1. The highest BCUT2D eigenvalue weighted by Crippen LogP contribution is 2.28. The van der Waals surface area contributed by atoms with Crippen molar-refractivity contribution in [1.82, 2.24) is 19.7 Å². The van der Waals surface area contributed by atoms with E-state index in [9.17, 15) is 4.79 Å². The molecule has 0 radical (unpaired) electrons. The topological polar surface area (TPSA) is 61.1 Å². The molecule has 0 aliphatic heterocycles. The summed E-state index contributed by atoms with van der Waals surface area (Å²) in [5, 5.41) is 9.02. The number of benzene rings is 1. The number of carbonyl (C=O) groups is 1. The van der Waals surface area contributed by atoms with Gasteiger partial charge in [-0.3, -0.25) is 9.48 Å². The fourth-order valence-electron chi connectivity index (χ4n) is 3.71. The van der Waals surface area contributed by atoms with Gasteiger partial charge in [-0.05, 0) is 42.3 Å². The number of hydrogen-bond donors (Lipinski definition) is 1. The van der Waals surface area contributed by atoms with Crippen LogP contribution in [0.15, 0.2) is 42.7 Å². The maximum atomic E-state index is 12.6. The molecule has 0 spiro atoms. The molecule has 0 bridgehead atoms. The van der Waals surface area contributed by atoms with Crippen LogP contribution in [0.1, 0.15) is 30.1 Å². The molecule has 6 heteroatoms. The minimum absolute atomic E-state index is 0.00290. The molecule has 4 rings (SSSR count). The van der Waals surface area contributed by atoms with E-state index in [1.165, 1.54) is 5.56 Å². The maximum Gasteiger partial charge on any atom is 0.240 e. The van der Waals surface area contributed by atoms with Crippen LogP contribution < -0.4 is 5.32 Å². The molecule has 1 aliphatic carbocycles. The Kier molecular flexibility index (Phi) is 4.75. The molecule has 1 aromatic carbocycles. The lowest BCUT2D eigenvalue weighted by Crippen LogP contribution is -2.33. The van der Waals surface area contributed by atoms with Gasteiger partial charge in [-0.2, -0.15) is 5.10 Å². The number of nitrogens with one attached hydrogen (secondary N) is 1. The fraction of sp³-hybridized carbons (Fsp3) is 0.400. The Balaban J connectivity index is 1.46. The Bertz CT molecular complexity index is 912. The normalized spacial score (nSPS) is 16.6. The molecular weight excluding hydrogens is 328 g/mol. The lowest BCUT2D eigenvalue weighted by atomic mass is 9.94. The van der Waals surface area contributed by atoms with E-state index in [0.29, 0.717) is 13.2 Å². The van der Waals surface area contributed by atoms with Crippen LogP contribution in [0.2, 0.25) is 0 Å². The van der Waals surface area contributed by atoms with Crippen LogP contribution in [0, 0.1) is 0 Å². The minimum atomic E-state index is -0.00290. The van der Waals surface area contributed by atoms with Crippen molar-refractivity contribution in [1.29, 1.82) is 0 Å². The highest BCUT2D eigenvalue weighted by atomic mass is 16.5. The van der Waals surface area contributed by atoms with E-state index in [1.807, 2.05) is 39.7 Å². The second-order valence-electron chi connectivity index (χ2n) is 6.81. The number of amides is 1. The van der Waals surface area contributed by atoms with Gasteiger partial charge in [0, 0.05) is 25.0 Å². The second kappa shape index (κ2) is 7.33. The summed E-state index contributed by atoms with van der Waals surface area (Å²) in [5.41, 5.74) is 3.33. The molecule has 1 atom stereocenters. The molecule has 1 aliphatic rings. The summed E-state index contributed by atoms with van der Waals surface area (Å²) in [4.78, 5) is 12.6. The van der Waals surface area contributed by atoms with E-state index in [2.05, 4.69) is 22.7 Å². The van der Waals surface area contributed by atoms with Crippen molar-refractivity contribution in [3.8, 4) is 0 Å². The average molecular weight is 352 g/mol. The van der Waals surface area contributed by atoms with Gasteiger partial charge in [-0.1, -0.05) is 18.2 Å². The zero-order chi connectivity index (χ0) is 17.9. The van der Waals surface area contributed by atoms with Gasteiger partial charge in [-0.25, -0.2) is 0 Å². The van der Waals surface area contributed by atoms with Crippen LogP contribution in [0.3, 0.4) is 0 Å². The van der Waals surface area contributed by atoms with Crippen molar-refractivity contribution in [2.75, 3.05) is 13.7 Å². The maximum absolute atomic E-state index is 12.6. The number of carbonyl (C=O) groups excluding carboxylic acids is 1. The number of aromatic nitrogens is 3. The standard InChI is InChI=1S/C20H24N4O2/c1-26-12-11-24-13-16-6-4-7-17(20(16)22-24)21-19(25)14-23-10-9-15-5-2-3-8-18(15)23/h2-3,5,8-10,13,17H,4,6-7,11-12,14H2,1H3,(H,21,25). The van der Waals surface area contributed by atoms with Crippen LogP contribution >= 0.6 is 0 Å². The third-order valence-electron chi connectivity index (χ3n) is 4.99. The summed E-state index contributed by atoms with van der Waals surface area (Å²) < 4.78 is 9.05. The van der Waals surface area contributed by atoms with Gasteiger partial charge < -0.3 is 14.6 Å². The van der Waals surface area contributed by atoms with Crippen molar-refractivity contribution in [3.05, 3.63) is 54.0 Å². The zero-order valence-corrected chi connectivity index (χ0v) is 15.0. The molecule has 1 unspecified atom stereocenters. The molecule has 0 saturated carbocycles. The Morgan fingerprint density at radius 1 is 1.35 bits per heavy atom. The number of ether oxygens (including phenoxy) is 1. The summed E-state index contributed by atoms with van der Waals surface area (Å²) in [5.74, 6) is 0.0237. The van der Waals surface area contributed by atoms with Gasteiger partial charge >= 0.3 is 0 Å². The van der Waals surface area contributed by atoms with Crippen molar-refractivity contribution in [2.24, 2.45) is 0 Å². The smallest absolute Gasteiger partial charge is 0.240 e. The van der Waals surface area contributed by atoms with Gasteiger partial charge in [-0.15, -0.1) is 0 Å². The zero-order valence-electron chi connectivity index (χ0n) is 15.0. The lowest BCUT2D eigenvalue weighted by molar-refractivity contribution is -0.122. The second-order valence-corrected chi connectivity index (χ2v) is 6.81. The number of methoxy groups -OCH3 is 1. The lowest BCUT2D eigenvalue weighted by Gasteiger charge is -2.22. The molecule has 2 heterocycles. The summed E-state index contributed by atoms with van der Waals surface area (Å²) in [7, 11) is 1.69. The largest absolute Gasteiger partial charge is 0.383 e. The van der Waals surface area contributed by atoms with Crippen LogP contribution in [-0.4, -0.2) is 34.0 Å². The summed E-state index contributed by atoms with van der Waals surface area (Å²) in [6.45, 7) is 1.70. The average Bonchev–Trinajstić information content (AvgIpc) is 3.25. The molecule has 6 nitrogen and oxygen atoms in total. The Morgan fingerprint density at radius 3 is 3.12 bits per heavy atom. The first-order valence-corrected chi connectivity index (χ1v) is 9.13. The predicted molar refractivity (Wildman–Crippen MR) is 99.9 cm³/mol.